The molecule has 0 spiro atoms. The summed E-state index contributed by atoms with van der Waals surface area (Å²) in [7, 11) is 1.63. The molecular formula is C22H24N2O3. The van der Waals surface area contributed by atoms with Gasteiger partial charge < -0.3 is 14.8 Å². The van der Waals surface area contributed by atoms with E-state index in [9.17, 15) is 4.79 Å². The summed E-state index contributed by atoms with van der Waals surface area (Å²) in [5, 5.41) is 4.98. The Morgan fingerprint density at radius 2 is 1.85 bits per heavy atom. The first-order valence-corrected chi connectivity index (χ1v) is 8.97. The molecule has 1 aromatic heterocycles. The van der Waals surface area contributed by atoms with E-state index >= 15 is 0 Å². The van der Waals surface area contributed by atoms with E-state index in [2.05, 4.69) is 16.4 Å². The second kappa shape index (κ2) is 8.08. The number of nitrogens with zero attached hydrogens (tertiary/aromatic N) is 1. The Hall–Kier alpha value is -3.08. The highest BCUT2D eigenvalue weighted by atomic mass is 16.5. The van der Waals surface area contributed by atoms with Crippen LogP contribution >= 0.6 is 0 Å². The Balaban J connectivity index is 2.05. The molecule has 1 amide bonds. The third-order valence-corrected chi connectivity index (χ3v) is 4.24. The molecule has 140 valence electrons. The molecule has 0 aliphatic carbocycles. The van der Waals surface area contributed by atoms with Gasteiger partial charge >= 0.3 is 0 Å². The lowest BCUT2D eigenvalue weighted by atomic mass is 9.98. The highest BCUT2D eigenvalue weighted by molar-refractivity contribution is 5.99. The lowest BCUT2D eigenvalue weighted by Gasteiger charge is -2.18. The SMILES string of the molecule is COc1cnccc1-c1cc(OC(C)C(=O)NC(C)C)cc2ccccc12. The van der Waals surface area contributed by atoms with Crippen LogP contribution in [0.4, 0.5) is 0 Å². The molecular weight excluding hydrogens is 340 g/mol. The van der Waals surface area contributed by atoms with E-state index in [0.717, 1.165) is 21.9 Å². The van der Waals surface area contributed by atoms with Crippen molar-refractivity contribution >= 4 is 16.7 Å². The van der Waals surface area contributed by atoms with Gasteiger partial charge in [-0.05, 0) is 55.3 Å². The predicted octanol–water partition coefficient (Wildman–Crippen LogP) is 4.20. The third kappa shape index (κ3) is 4.19. The molecule has 0 saturated heterocycles. The van der Waals surface area contributed by atoms with Gasteiger partial charge in [0.25, 0.3) is 5.91 Å². The molecule has 1 heterocycles. The van der Waals surface area contributed by atoms with Crippen LogP contribution in [0.3, 0.4) is 0 Å². The van der Waals surface area contributed by atoms with Crippen molar-refractivity contribution in [1.82, 2.24) is 10.3 Å². The number of carbonyl (C=O) groups excluding carboxylic acids is 1. The fourth-order valence-electron chi connectivity index (χ4n) is 3.00. The molecule has 0 aliphatic heterocycles. The molecule has 0 fully saturated rings. The summed E-state index contributed by atoms with van der Waals surface area (Å²) in [6.07, 6.45) is 2.83. The van der Waals surface area contributed by atoms with Gasteiger partial charge in [0, 0.05) is 17.8 Å². The van der Waals surface area contributed by atoms with Gasteiger partial charge in [-0.1, -0.05) is 24.3 Å². The first-order chi connectivity index (χ1) is 13.0. The van der Waals surface area contributed by atoms with Crippen LogP contribution in [0.25, 0.3) is 21.9 Å². The van der Waals surface area contributed by atoms with Crippen LogP contribution in [0.1, 0.15) is 20.8 Å². The standard InChI is InChI=1S/C22H24N2O3/c1-14(2)24-22(25)15(3)27-17-11-16-7-5-6-8-18(16)20(12-17)19-9-10-23-13-21(19)26-4/h5-15H,1-4H3,(H,24,25). The minimum Gasteiger partial charge on any atom is -0.494 e. The molecule has 1 N–H and O–H groups in total. The summed E-state index contributed by atoms with van der Waals surface area (Å²) in [6, 6.07) is 13.9. The minimum absolute atomic E-state index is 0.0665. The van der Waals surface area contributed by atoms with Gasteiger partial charge in [-0.2, -0.15) is 0 Å². The topological polar surface area (TPSA) is 60.5 Å². The van der Waals surface area contributed by atoms with Crippen LogP contribution in [-0.4, -0.2) is 30.1 Å². The highest BCUT2D eigenvalue weighted by Gasteiger charge is 2.17. The van der Waals surface area contributed by atoms with Gasteiger partial charge in [-0.15, -0.1) is 0 Å². The number of aromatic nitrogens is 1. The summed E-state index contributed by atoms with van der Waals surface area (Å²) in [4.78, 5) is 16.3. The van der Waals surface area contributed by atoms with Crippen molar-refractivity contribution in [3.05, 3.63) is 54.9 Å². The Morgan fingerprint density at radius 3 is 2.59 bits per heavy atom. The van der Waals surface area contributed by atoms with Crippen LogP contribution in [0.2, 0.25) is 0 Å². The van der Waals surface area contributed by atoms with Crippen molar-refractivity contribution in [1.29, 1.82) is 0 Å². The maximum Gasteiger partial charge on any atom is 0.260 e. The number of carbonyl (C=O) groups is 1. The highest BCUT2D eigenvalue weighted by Crippen LogP contribution is 2.37. The molecule has 5 heteroatoms. The number of hydrogen-bond donors (Lipinski definition) is 1. The molecule has 0 bridgehead atoms. The van der Waals surface area contributed by atoms with E-state index in [4.69, 9.17) is 9.47 Å². The molecule has 27 heavy (non-hydrogen) atoms. The number of methoxy groups -OCH3 is 1. The molecule has 0 aliphatic rings. The largest absolute Gasteiger partial charge is 0.494 e. The van der Waals surface area contributed by atoms with E-state index < -0.39 is 6.10 Å². The van der Waals surface area contributed by atoms with E-state index in [1.165, 1.54) is 0 Å². The normalized spacial score (nSPS) is 12.0. The molecule has 1 unspecified atom stereocenters. The van der Waals surface area contributed by atoms with Gasteiger partial charge in [0.2, 0.25) is 0 Å². The Labute approximate surface area is 159 Å². The summed E-state index contributed by atoms with van der Waals surface area (Å²) in [5.74, 6) is 1.18. The van der Waals surface area contributed by atoms with Crippen LogP contribution in [0, 0.1) is 0 Å². The zero-order valence-electron chi connectivity index (χ0n) is 16.0. The fourth-order valence-corrected chi connectivity index (χ4v) is 3.00. The smallest absolute Gasteiger partial charge is 0.260 e. The van der Waals surface area contributed by atoms with Gasteiger partial charge in [0.05, 0.1) is 13.3 Å². The minimum atomic E-state index is -0.597. The predicted molar refractivity (Wildman–Crippen MR) is 107 cm³/mol. The second-order valence-electron chi connectivity index (χ2n) is 6.69. The lowest BCUT2D eigenvalue weighted by Crippen LogP contribution is -2.40. The number of fused-ring (bicyclic) bond motifs is 1. The summed E-state index contributed by atoms with van der Waals surface area (Å²) < 4.78 is 11.4. The maximum absolute atomic E-state index is 12.2. The quantitative estimate of drug-likeness (QED) is 0.712. The molecule has 5 nitrogen and oxygen atoms in total. The average Bonchev–Trinajstić information content (AvgIpc) is 2.66. The van der Waals surface area contributed by atoms with Crippen molar-refractivity contribution in [2.24, 2.45) is 0 Å². The number of nitrogens with one attached hydrogen (secondary N) is 1. The van der Waals surface area contributed by atoms with Crippen LogP contribution in [0.5, 0.6) is 11.5 Å². The molecule has 3 aromatic rings. The zero-order chi connectivity index (χ0) is 19.4. The van der Waals surface area contributed by atoms with Crippen LogP contribution in [0.15, 0.2) is 54.9 Å². The Bertz CT molecular complexity index is 953. The fraction of sp³-hybridized carbons (Fsp3) is 0.273. The number of rotatable bonds is 6. The van der Waals surface area contributed by atoms with E-state index in [1.807, 2.05) is 50.2 Å². The molecule has 1 atom stereocenters. The third-order valence-electron chi connectivity index (χ3n) is 4.24. The molecule has 0 radical (unpaired) electrons. The van der Waals surface area contributed by atoms with E-state index in [1.54, 1.807) is 26.4 Å². The van der Waals surface area contributed by atoms with Gasteiger partial charge in [0.15, 0.2) is 6.10 Å². The number of ether oxygens (including phenoxy) is 2. The van der Waals surface area contributed by atoms with E-state index in [-0.39, 0.29) is 11.9 Å². The average molecular weight is 364 g/mol. The molecule has 3 rings (SSSR count). The zero-order valence-corrected chi connectivity index (χ0v) is 16.0. The lowest BCUT2D eigenvalue weighted by molar-refractivity contribution is -0.127. The number of amides is 1. The Morgan fingerprint density at radius 1 is 1.07 bits per heavy atom. The van der Waals surface area contributed by atoms with Gasteiger partial charge in [-0.3, -0.25) is 9.78 Å². The first kappa shape index (κ1) is 18.7. The van der Waals surface area contributed by atoms with Crippen LogP contribution in [-0.2, 0) is 4.79 Å². The summed E-state index contributed by atoms with van der Waals surface area (Å²) >= 11 is 0. The van der Waals surface area contributed by atoms with Gasteiger partial charge in [-0.25, -0.2) is 0 Å². The van der Waals surface area contributed by atoms with Crippen molar-refractivity contribution in [2.75, 3.05) is 7.11 Å². The van der Waals surface area contributed by atoms with Crippen molar-refractivity contribution in [2.45, 2.75) is 32.9 Å². The van der Waals surface area contributed by atoms with Crippen molar-refractivity contribution < 1.29 is 14.3 Å². The second-order valence-corrected chi connectivity index (χ2v) is 6.69. The number of pyridine rings is 1. The Kier molecular flexibility index (Phi) is 5.60. The van der Waals surface area contributed by atoms with Gasteiger partial charge in [0.1, 0.15) is 11.5 Å². The summed E-state index contributed by atoms with van der Waals surface area (Å²) in [6.45, 7) is 5.60. The summed E-state index contributed by atoms with van der Waals surface area (Å²) in [5.41, 5.74) is 1.90. The monoisotopic (exact) mass is 364 g/mol. The van der Waals surface area contributed by atoms with Crippen molar-refractivity contribution in [3.8, 4) is 22.6 Å². The van der Waals surface area contributed by atoms with Crippen molar-refractivity contribution in [3.63, 3.8) is 0 Å². The van der Waals surface area contributed by atoms with E-state index in [0.29, 0.717) is 11.5 Å². The number of hydrogen-bond acceptors (Lipinski definition) is 4. The number of benzene rings is 2. The molecule has 2 aromatic carbocycles. The first-order valence-electron chi connectivity index (χ1n) is 8.97. The van der Waals surface area contributed by atoms with Crippen LogP contribution < -0.4 is 14.8 Å². The molecule has 0 saturated carbocycles. The maximum atomic E-state index is 12.2.